The fourth-order valence-electron chi connectivity index (χ4n) is 2.67. The van der Waals surface area contributed by atoms with Gasteiger partial charge >= 0.3 is 0 Å². The van der Waals surface area contributed by atoms with Crippen molar-refractivity contribution >= 4 is 55.2 Å². The number of nitrogens with zero attached hydrogens (tertiary/aromatic N) is 3. The topological polar surface area (TPSA) is 73.8 Å². The van der Waals surface area contributed by atoms with Crippen LogP contribution in [-0.2, 0) is 11.3 Å². The summed E-state index contributed by atoms with van der Waals surface area (Å²) >= 11 is 9.18. The lowest BCUT2D eigenvalue weighted by molar-refractivity contribution is -0.122. The number of rotatable bonds is 6. The molecule has 3 aromatic rings. The largest absolute Gasteiger partial charge is 0.369 e. The van der Waals surface area contributed by atoms with Gasteiger partial charge in [0.25, 0.3) is 0 Å². The molecule has 2 N–H and O–H groups in total. The molecule has 1 amide bonds. The highest BCUT2D eigenvalue weighted by atomic mass is 79.9. The van der Waals surface area contributed by atoms with Gasteiger partial charge in [0, 0.05) is 39.8 Å². The fourth-order valence-corrected chi connectivity index (χ4v) is 3.28. The maximum absolute atomic E-state index is 11.4. The number of benzene rings is 1. The van der Waals surface area contributed by atoms with Gasteiger partial charge in [-0.3, -0.25) is 14.5 Å². The molecule has 0 aliphatic carbocycles. The number of amides is 1. The average molecular weight is 396 g/mol. The molecule has 0 radical (unpaired) electrons. The van der Waals surface area contributed by atoms with E-state index in [4.69, 9.17) is 17.3 Å². The predicted molar refractivity (Wildman–Crippen MR) is 95.4 cm³/mol. The molecule has 2 heterocycles. The van der Waals surface area contributed by atoms with Crippen molar-refractivity contribution in [2.75, 3.05) is 5.88 Å². The maximum atomic E-state index is 11.4. The zero-order valence-electron chi connectivity index (χ0n) is 12.4. The number of carbonyl (C=O) groups is 1. The third-order valence-electron chi connectivity index (χ3n) is 3.93. The molecule has 0 aliphatic heterocycles. The van der Waals surface area contributed by atoms with Crippen LogP contribution in [0.4, 0.5) is 0 Å². The molecular weight excluding hydrogens is 380 g/mol. The number of halogens is 2. The van der Waals surface area contributed by atoms with E-state index in [9.17, 15) is 4.79 Å². The molecule has 23 heavy (non-hydrogen) atoms. The normalized spacial score (nSPS) is 12.8. The van der Waals surface area contributed by atoms with Crippen LogP contribution in [0.5, 0.6) is 0 Å². The Bertz CT molecular complexity index is 864. The molecule has 0 bridgehead atoms. The van der Waals surface area contributed by atoms with Crippen molar-refractivity contribution in [1.29, 1.82) is 0 Å². The van der Waals surface area contributed by atoms with Gasteiger partial charge in [0.1, 0.15) is 5.52 Å². The Balaban J connectivity index is 1.88. The summed E-state index contributed by atoms with van der Waals surface area (Å²) in [6.45, 7) is 0.622. The highest BCUT2D eigenvalue weighted by Gasteiger charge is 2.15. The van der Waals surface area contributed by atoms with Gasteiger partial charge in [0.05, 0.1) is 11.7 Å². The van der Waals surface area contributed by atoms with E-state index in [2.05, 4.69) is 26.0 Å². The molecule has 0 saturated carbocycles. The Labute approximate surface area is 146 Å². The summed E-state index contributed by atoms with van der Waals surface area (Å²) in [7, 11) is 0. The summed E-state index contributed by atoms with van der Waals surface area (Å²) in [6, 6.07) is 6.00. The van der Waals surface area contributed by atoms with Gasteiger partial charge in [-0.05, 0) is 25.0 Å². The van der Waals surface area contributed by atoms with Crippen molar-refractivity contribution < 1.29 is 4.79 Å². The van der Waals surface area contributed by atoms with Crippen LogP contribution in [0.25, 0.3) is 21.8 Å². The van der Waals surface area contributed by atoms with E-state index in [-0.39, 0.29) is 11.8 Å². The predicted octanol–water partition coefficient (Wildman–Crippen LogP) is 3.47. The number of carbonyl (C=O) groups excluding carboxylic acids is 1. The Morgan fingerprint density at radius 2 is 2.13 bits per heavy atom. The Hall–Kier alpha value is -1.66. The minimum atomic E-state index is -0.306. The summed E-state index contributed by atoms with van der Waals surface area (Å²) in [4.78, 5) is 15.8. The molecule has 0 saturated heterocycles. The Morgan fingerprint density at radius 3 is 2.87 bits per heavy atom. The van der Waals surface area contributed by atoms with Crippen molar-refractivity contribution in [1.82, 2.24) is 14.8 Å². The average Bonchev–Trinajstić information content (AvgIpc) is 2.94. The van der Waals surface area contributed by atoms with E-state index in [0.717, 1.165) is 26.3 Å². The first-order valence-corrected chi connectivity index (χ1v) is 8.68. The van der Waals surface area contributed by atoms with Crippen LogP contribution in [0, 0.1) is 5.92 Å². The molecule has 120 valence electrons. The fraction of sp³-hybridized carbons (Fsp3) is 0.312. The van der Waals surface area contributed by atoms with Gasteiger partial charge in [0.15, 0.2) is 0 Å². The van der Waals surface area contributed by atoms with Crippen molar-refractivity contribution in [2.24, 2.45) is 11.7 Å². The summed E-state index contributed by atoms with van der Waals surface area (Å²) in [6.07, 6.45) is 4.99. The van der Waals surface area contributed by atoms with E-state index in [0.29, 0.717) is 25.3 Å². The molecule has 1 unspecified atom stereocenters. The third-order valence-corrected chi connectivity index (χ3v) is 4.64. The first-order valence-electron chi connectivity index (χ1n) is 7.35. The zero-order valence-corrected chi connectivity index (χ0v) is 14.7. The van der Waals surface area contributed by atoms with E-state index in [1.54, 1.807) is 6.20 Å². The number of nitrogens with two attached hydrogens (primary N) is 1. The summed E-state index contributed by atoms with van der Waals surface area (Å²) < 4.78 is 2.84. The quantitative estimate of drug-likeness (QED) is 0.649. The van der Waals surface area contributed by atoms with Gasteiger partial charge in [-0.2, -0.15) is 5.10 Å². The number of fused-ring (bicyclic) bond motifs is 3. The lowest BCUT2D eigenvalue weighted by atomic mass is 10.0. The lowest BCUT2D eigenvalue weighted by Gasteiger charge is -2.11. The number of alkyl halides is 1. The number of aromatic nitrogens is 3. The second-order valence-electron chi connectivity index (χ2n) is 5.48. The first-order chi connectivity index (χ1) is 11.1. The van der Waals surface area contributed by atoms with E-state index in [1.165, 1.54) is 0 Å². The van der Waals surface area contributed by atoms with Crippen LogP contribution in [0.15, 0.2) is 35.1 Å². The molecule has 0 spiro atoms. The standard InChI is InChI=1S/C16H16BrClN4O/c17-11-1-2-12-13-9-22(6-4-10(3-5-18)16(19)23)21-15(13)8-20-14(12)7-11/h1-2,7-10H,3-6H2,(H2,19,23). The molecular formula is C16H16BrClN4O. The second kappa shape index (κ2) is 6.84. The van der Waals surface area contributed by atoms with E-state index >= 15 is 0 Å². The highest BCUT2D eigenvalue weighted by molar-refractivity contribution is 9.10. The SMILES string of the molecule is NC(=O)C(CCCl)CCn1cc2c(cnc3cc(Br)ccc32)n1. The molecule has 1 atom stereocenters. The maximum Gasteiger partial charge on any atom is 0.220 e. The van der Waals surface area contributed by atoms with Gasteiger partial charge in [-0.1, -0.05) is 22.0 Å². The zero-order chi connectivity index (χ0) is 16.4. The minimum Gasteiger partial charge on any atom is -0.369 e. The van der Waals surface area contributed by atoms with Crippen molar-refractivity contribution in [3.63, 3.8) is 0 Å². The van der Waals surface area contributed by atoms with Crippen molar-refractivity contribution in [3.05, 3.63) is 35.1 Å². The number of hydrogen-bond acceptors (Lipinski definition) is 3. The number of primary amides is 1. The summed E-state index contributed by atoms with van der Waals surface area (Å²) in [5.41, 5.74) is 7.17. The van der Waals surface area contributed by atoms with Crippen molar-refractivity contribution in [2.45, 2.75) is 19.4 Å². The molecule has 2 aromatic heterocycles. The monoisotopic (exact) mass is 394 g/mol. The van der Waals surface area contributed by atoms with Crippen LogP contribution >= 0.6 is 27.5 Å². The van der Waals surface area contributed by atoms with Gasteiger partial charge in [-0.15, -0.1) is 11.6 Å². The number of pyridine rings is 1. The molecule has 5 nitrogen and oxygen atoms in total. The molecule has 0 aliphatic rings. The van der Waals surface area contributed by atoms with E-state index < -0.39 is 0 Å². The molecule has 1 aromatic carbocycles. The van der Waals surface area contributed by atoms with Gasteiger partial charge in [-0.25, -0.2) is 0 Å². The first kappa shape index (κ1) is 16.2. The lowest BCUT2D eigenvalue weighted by Crippen LogP contribution is -2.25. The van der Waals surface area contributed by atoms with Crippen LogP contribution in [0.1, 0.15) is 12.8 Å². The highest BCUT2D eigenvalue weighted by Crippen LogP contribution is 2.25. The number of aryl methyl sites for hydroxylation is 1. The molecule has 3 rings (SSSR count). The smallest absolute Gasteiger partial charge is 0.220 e. The molecule has 0 fully saturated rings. The summed E-state index contributed by atoms with van der Waals surface area (Å²) in [5.74, 6) is -0.0945. The van der Waals surface area contributed by atoms with Crippen LogP contribution in [-0.4, -0.2) is 26.6 Å². The Kier molecular flexibility index (Phi) is 4.82. The minimum absolute atomic E-state index is 0.217. The third kappa shape index (κ3) is 3.48. The Morgan fingerprint density at radius 1 is 1.30 bits per heavy atom. The summed E-state index contributed by atoms with van der Waals surface area (Å²) in [5, 5.41) is 6.64. The molecule has 7 heteroatoms. The number of hydrogen-bond donors (Lipinski definition) is 1. The van der Waals surface area contributed by atoms with Gasteiger partial charge < -0.3 is 5.73 Å². The van der Waals surface area contributed by atoms with Gasteiger partial charge in [0.2, 0.25) is 5.91 Å². The van der Waals surface area contributed by atoms with E-state index in [1.807, 2.05) is 29.1 Å². The second-order valence-corrected chi connectivity index (χ2v) is 6.77. The van der Waals surface area contributed by atoms with Crippen molar-refractivity contribution in [3.8, 4) is 0 Å². The van der Waals surface area contributed by atoms with Crippen LogP contribution in [0.3, 0.4) is 0 Å². The van der Waals surface area contributed by atoms with Crippen LogP contribution < -0.4 is 5.73 Å². The van der Waals surface area contributed by atoms with Crippen LogP contribution in [0.2, 0.25) is 0 Å².